The van der Waals surface area contributed by atoms with Gasteiger partial charge in [-0.25, -0.2) is 0 Å². The Morgan fingerprint density at radius 2 is 1.36 bits per heavy atom. The number of benzene rings is 3. The van der Waals surface area contributed by atoms with Crippen LogP contribution in [0.1, 0.15) is 30.5 Å². The zero-order chi connectivity index (χ0) is 23.6. The zero-order valence-electron chi connectivity index (χ0n) is 18.8. The number of hydrogen-bond donors (Lipinski definition) is 2. The first-order valence-corrected chi connectivity index (χ1v) is 10.8. The van der Waals surface area contributed by atoms with Gasteiger partial charge in [0, 0.05) is 12.5 Å². The van der Waals surface area contributed by atoms with Crippen LogP contribution in [-0.2, 0) is 25.7 Å². The molecule has 2 amide bonds. The SMILES string of the molecule is COC(=O)C[C@@H](C)C(=O)NC(C(=O)NCc1ccccc1)c1ccc(-c2ccccc2)cc1. The molecule has 0 fully saturated rings. The maximum absolute atomic E-state index is 13.1. The topological polar surface area (TPSA) is 84.5 Å². The van der Waals surface area contributed by atoms with E-state index in [1.165, 1.54) is 7.11 Å². The van der Waals surface area contributed by atoms with Crippen molar-refractivity contribution in [3.05, 3.63) is 96.1 Å². The number of esters is 1. The van der Waals surface area contributed by atoms with Crippen molar-refractivity contribution in [2.45, 2.75) is 25.9 Å². The van der Waals surface area contributed by atoms with Crippen LogP contribution in [0.2, 0.25) is 0 Å². The molecule has 170 valence electrons. The van der Waals surface area contributed by atoms with Gasteiger partial charge in [0.05, 0.1) is 13.5 Å². The standard InChI is InChI=1S/C27H28N2O4/c1-19(17-24(30)33-2)26(31)29-25(27(32)28-18-20-9-5-3-6-10-20)23-15-13-22(14-16-23)21-11-7-4-8-12-21/h3-16,19,25H,17-18H2,1-2H3,(H,28,32)(H,29,31)/t19-,25?/m1/s1. The normalized spacial score (nSPS) is 12.3. The molecule has 0 radical (unpaired) electrons. The summed E-state index contributed by atoms with van der Waals surface area (Å²) in [4.78, 5) is 37.4. The van der Waals surface area contributed by atoms with Gasteiger partial charge in [-0.2, -0.15) is 0 Å². The van der Waals surface area contributed by atoms with E-state index in [0.29, 0.717) is 12.1 Å². The number of rotatable bonds is 9. The van der Waals surface area contributed by atoms with E-state index in [9.17, 15) is 14.4 Å². The van der Waals surface area contributed by atoms with Crippen LogP contribution in [0.25, 0.3) is 11.1 Å². The number of carbonyl (C=O) groups is 3. The van der Waals surface area contributed by atoms with Gasteiger partial charge >= 0.3 is 5.97 Å². The summed E-state index contributed by atoms with van der Waals surface area (Å²) in [6.07, 6.45) is -0.0619. The van der Waals surface area contributed by atoms with E-state index in [1.807, 2.05) is 84.9 Å². The van der Waals surface area contributed by atoms with Gasteiger partial charge in [0.25, 0.3) is 0 Å². The van der Waals surface area contributed by atoms with Crippen LogP contribution in [-0.4, -0.2) is 24.9 Å². The minimum atomic E-state index is -0.897. The molecule has 2 atom stereocenters. The van der Waals surface area contributed by atoms with Gasteiger partial charge in [-0.3, -0.25) is 14.4 Å². The largest absolute Gasteiger partial charge is 0.469 e. The third-order valence-corrected chi connectivity index (χ3v) is 5.36. The Labute approximate surface area is 194 Å². The van der Waals surface area contributed by atoms with Gasteiger partial charge in [0.15, 0.2) is 0 Å². The lowest BCUT2D eigenvalue weighted by atomic mass is 9.99. The summed E-state index contributed by atoms with van der Waals surface area (Å²) in [5.41, 5.74) is 3.67. The maximum Gasteiger partial charge on any atom is 0.306 e. The molecule has 0 aliphatic carbocycles. The van der Waals surface area contributed by atoms with E-state index in [4.69, 9.17) is 0 Å². The van der Waals surface area contributed by atoms with Crippen molar-refractivity contribution in [3.8, 4) is 11.1 Å². The van der Waals surface area contributed by atoms with Crippen molar-refractivity contribution in [2.24, 2.45) is 5.92 Å². The molecule has 0 saturated heterocycles. The predicted molar refractivity (Wildman–Crippen MR) is 127 cm³/mol. The van der Waals surface area contributed by atoms with Gasteiger partial charge in [0.1, 0.15) is 6.04 Å². The molecular weight excluding hydrogens is 416 g/mol. The molecule has 0 aliphatic heterocycles. The minimum absolute atomic E-state index is 0.0619. The van der Waals surface area contributed by atoms with Crippen LogP contribution in [0.4, 0.5) is 0 Å². The van der Waals surface area contributed by atoms with Crippen molar-refractivity contribution < 1.29 is 19.1 Å². The van der Waals surface area contributed by atoms with Crippen LogP contribution >= 0.6 is 0 Å². The van der Waals surface area contributed by atoms with Crippen LogP contribution in [0, 0.1) is 5.92 Å². The number of hydrogen-bond acceptors (Lipinski definition) is 4. The van der Waals surface area contributed by atoms with Crippen molar-refractivity contribution >= 4 is 17.8 Å². The average Bonchev–Trinajstić information content (AvgIpc) is 2.86. The Morgan fingerprint density at radius 1 is 0.788 bits per heavy atom. The van der Waals surface area contributed by atoms with Crippen LogP contribution in [0.15, 0.2) is 84.9 Å². The summed E-state index contributed by atoms with van der Waals surface area (Å²) in [6, 6.07) is 26.1. The van der Waals surface area contributed by atoms with Gasteiger partial charge in [0.2, 0.25) is 11.8 Å². The Bertz CT molecular complexity index is 1070. The molecule has 0 aromatic heterocycles. The Hall–Kier alpha value is -3.93. The van der Waals surface area contributed by atoms with Gasteiger partial charge in [-0.1, -0.05) is 91.9 Å². The summed E-state index contributed by atoms with van der Waals surface area (Å²) in [5, 5.41) is 5.69. The quantitative estimate of drug-likeness (QED) is 0.488. The highest BCUT2D eigenvalue weighted by Crippen LogP contribution is 2.23. The monoisotopic (exact) mass is 444 g/mol. The number of ether oxygens (including phenoxy) is 1. The van der Waals surface area contributed by atoms with Crippen molar-refractivity contribution in [2.75, 3.05) is 7.11 Å². The zero-order valence-corrected chi connectivity index (χ0v) is 18.8. The summed E-state index contributed by atoms with van der Waals surface area (Å²) >= 11 is 0. The summed E-state index contributed by atoms with van der Waals surface area (Å²) < 4.78 is 4.65. The molecule has 6 heteroatoms. The molecule has 3 aromatic carbocycles. The van der Waals surface area contributed by atoms with E-state index >= 15 is 0 Å². The Morgan fingerprint density at radius 3 is 1.97 bits per heavy atom. The highest BCUT2D eigenvalue weighted by atomic mass is 16.5. The van der Waals surface area contributed by atoms with Crippen molar-refractivity contribution in [3.63, 3.8) is 0 Å². The lowest BCUT2D eigenvalue weighted by molar-refractivity contribution is -0.144. The van der Waals surface area contributed by atoms with Gasteiger partial charge in [-0.05, 0) is 22.3 Å². The highest BCUT2D eigenvalue weighted by molar-refractivity contribution is 5.90. The molecule has 1 unspecified atom stereocenters. The first-order valence-electron chi connectivity index (χ1n) is 10.8. The van der Waals surface area contributed by atoms with E-state index in [0.717, 1.165) is 16.7 Å². The third kappa shape index (κ3) is 6.77. The fraction of sp³-hybridized carbons (Fsp3) is 0.222. The molecule has 3 rings (SSSR count). The Kier molecular flexibility index (Phi) is 8.36. The molecule has 0 aliphatic rings. The molecule has 33 heavy (non-hydrogen) atoms. The molecule has 0 heterocycles. The Balaban J connectivity index is 1.78. The lowest BCUT2D eigenvalue weighted by Crippen LogP contribution is -2.42. The number of amides is 2. The maximum atomic E-state index is 13.1. The predicted octanol–water partition coefficient (Wildman–Crippen LogP) is 4.03. The molecule has 3 aromatic rings. The fourth-order valence-electron chi connectivity index (χ4n) is 3.40. The highest BCUT2D eigenvalue weighted by Gasteiger charge is 2.26. The minimum Gasteiger partial charge on any atom is -0.469 e. The smallest absolute Gasteiger partial charge is 0.306 e. The van der Waals surface area contributed by atoms with Crippen molar-refractivity contribution in [1.82, 2.24) is 10.6 Å². The van der Waals surface area contributed by atoms with E-state index in [1.54, 1.807) is 6.92 Å². The molecule has 2 N–H and O–H groups in total. The summed E-state index contributed by atoms with van der Waals surface area (Å²) in [6.45, 7) is 1.97. The van der Waals surface area contributed by atoms with E-state index in [2.05, 4.69) is 15.4 Å². The molecular formula is C27H28N2O4. The first-order chi connectivity index (χ1) is 16.0. The second-order valence-electron chi connectivity index (χ2n) is 7.81. The number of carbonyl (C=O) groups excluding carboxylic acids is 3. The third-order valence-electron chi connectivity index (χ3n) is 5.36. The molecule has 0 saturated carbocycles. The second-order valence-corrected chi connectivity index (χ2v) is 7.81. The average molecular weight is 445 g/mol. The molecule has 0 bridgehead atoms. The van der Waals surface area contributed by atoms with Gasteiger partial charge < -0.3 is 15.4 Å². The second kappa shape index (κ2) is 11.6. The van der Waals surface area contributed by atoms with E-state index < -0.39 is 23.8 Å². The van der Waals surface area contributed by atoms with Crippen molar-refractivity contribution in [1.29, 1.82) is 0 Å². The summed E-state index contributed by atoms with van der Waals surface area (Å²) in [5.74, 6) is -1.84. The number of nitrogens with one attached hydrogen (secondary N) is 2. The summed E-state index contributed by atoms with van der Waals surface area (Å²) in [7, 11) is 1.28. The van der Waals surface area contributed by atoms with Gasteiger partial charge in [-0.15, -0.1) is 0 Å². The van der Waals surface area contributed by atoms with E-state index in [-0.39, 0.29) is 12.3 Å². The number of methoxy groups -OCH3 is 1. The van der Waals surface area contributed by atoms with Crippen LogP contribution in [0.5, 0.6) is 0 Å². The van der Waals surface area contributed by atoms with Crippen LogP contribution < -0.4 is 10.6 Å². The lowest BCUT2D eigenvalue weighted by Gasteiger charge is -2.21. The molecule has 6 nitrogen and oxygen atoms in total. The fourth-order valence-corrected chi connectivity index (χ4v) is 3.40. The first kappa shape index (κ1) is 23.7. The molecule has 0 spiro atoms. The van der Waals surface area contributed by atoms with Crippen LogP contribution in [0.3, 0.4) is 0 Å².